The number of hydrogen-bond donors (Lipinski definition) is 0. The number of rotatable bonds is 4. The number of nitrogens with zero attached hydrogens (tertiary/aromatic N) is 4. The van der Waals surface area contributed by atoms with Crippen LogP contribution >= 0.6 is 0 Å². The summed E-state index contributed by atoms with van der Waals surface area (Å²) in [6.07, 6.45) is 0. The highest BCUT2D eigenvalue weighted by atomic mass is 19.1. The predicted octanol–water partition coefficient (Wildman–Crippen LogP) is 8.20. The van der Waals surface area contributed by atoms with Gasteiger partial charge in [0.25, 0.3) is 0 Å². The van der Waals surface area contributed by atoms with Crippen LogP contribution in [0.3, 0.4) is 0 Å². The Morgan fingerprint density at radius 1 is 0.512 bits per heavy atom. The fourth-order valence-electron chi connectivity index (χ4n) is 6.07. The summed E-state index contributed by atoms with van der Waals surface area (Å²) in [6.45, 7) is 0. The van der Waals surface area contributed by atoms with E-state index in [0.29, 0.717) is 33.9 Å². The molecule has 0 unspecified atom stereocenters. The maximum Gasteiger partial charge on any atom is 0.140 e. The van der Waals surface area contributed by atoms with Gasteiger partial charge in [-0.1, -0.05) is 60.7 Å². The molecule has 4 aromatic carbocycles. The Morgan fingerprint density at radius 2 is 0.953 bits per heavy atom. The number of pyridine rings is 2. The van der Waals surface area contributed by atoms with Gasteiger partial charge in [0.05, 0.1) is 33.9 Å². The molecule has 0 atom stereocenters. The second kappa shape index (κ2) is 10.1. The Bertz CT molecular complexity index is 2000. The summed E-state index contributed by atoms with van der Waals surface area (Å²) in [5, 5.41) is 18.9. The molecule has 0 aliphatic heterocycles. The minimum absolute atomic E-state index is 0.0543. The SMILES string of the molecule is N#Cc1cc(-c2cccc(C3(c4cccc(-c5ccc(F)c(C#N)c5)n4)c4ccccc4-c4ccccc43)n2)ccc1F. The van der Waals surface area contributed by atoms with Gasteiger partial charge in [0.1, 0.15) is 29.2 Å². The molecule has 0 radical (unpaired) electrons. The first kappa shape index (κ1) is 26.0. The number of aromatic nitrogens is 2. The van der Waals surface area contributed by atoms with E-state index in [1.165, 1.54) is 24.3 Å². The summed E-state index contributed by atoms with van der Waals surface area (Å²) in [5.74, 6) is -1.17. The average Bonchev–Trinajstić information content (AvgIpc) is 3.36. The second-order valence-electron chi connectivity index (χ2n) is 10.3. The van der Waals surface area contributed by atoms with E-state index in [4.69, 9.17) is 9.97 Å². The molecule has 43 heavy (non-hydrogen) atoms. The molecule has 1 aliphatic rings. The van der Waals surface area contributed by atoms with E-state index in [1.54, 1.807) is 12.1 Å². The molecular weight excluding hydrogens is 538 g/mol. The molecule has 2 heterocycles. The van der Waals surface area contributed by atoms with Crippen molar-refractivity contribution in [3.8, 4) is 45.8 Å². The first-order valence-corrected chi connectivity index (χ1v) is 13.6. The van der Waals surface area contributed by atoms with Gasteiger partial charge >= 0.3 is 0 Å². The quantitative estimate of drug-likeness (QED) is 0.218. The van der Waals surface area contributed by atoms with Crippen LogP contribution in [0.4, 0.5) is 8.78 Å². The first-order chi connectivity index (χ1) is 21.0. The molecule has 0 amide bonds. The Kier molecular flexibility index (Phi) is 6.12. The zero-order valence-corrected chi connectivity index (χ0v) is 22.6. The molecule has 0 N–H and O–H groups in total. The minimum atomic E-state index is -0.935. The lowest BCUT2D eigenvalue weighted by molar-refractivity contribution is 0.623. The Balaban J connectivity index is 1.52. The summed E-state index contributed by atoms with van der Waals surface area (Å²) in [5.41, 5.74) is 6.87. The van der Waals surface area contributed by atoms with Crippen LogP contribution in [0.2, 0.25) is 0 Å². The average molecular weight is 559 g/mol. The summed E-state index contributed by atoms with van der Waals surface area (Å²) in [7, 11) is 0. The van der Waals surface area contributed by atoms with Crippen molar-refractivity contribution >= 4 is 0 Å². The van der Waals surface area contributed by atoms with Crippen LogP contribution in [0.5, 0.6) is 0 Å². The summed E-state index contributed by atoms with van der Waals surface area (Å²) in [4.78, 5) is 10.3. The van der Waals surface area contributed by atoms with Crippen molar-refractivity contribution in [1.29, 1.82) is 10.5 Å². The fourth-order valence-corrected chi connectivity index (χ4v) is 6.07. The van der Waals surface area contributed by atoms with Crippen molar-refractivity contribution in [2.75, 3.05) is 0 Å². The number of hydrogen-bond acceptors (Lipinski definition) is 4. The smallest absolute Gasteiger partial charge is 0.140 e. The Hall–Kier alpha value is -5.98. The molecule has 4 nitrogen and oxygen atoms in total. The van der Waals surface area contributed by atoms with Crippen LogP contribution in [-0.2, 0) is 5.41 Å². The monoisotopic (exact) mass is 558 g/mol. The lowest BCUT2D eigenvalue weighted by Gasteiger charge is -2.32. The number of halogens is 2. The van der Waals surface area contributed by atoms with E-state index in [1.807, 2.05) is 72.8 Å². The lowest BCUT2D eigenvalue weighted by atomic mass is 9.72. The van der Waals surface area contributed by atoms with Gasteiger partial charge < -0.3 is 0 Å². The molecule has 2 aromatic heterocycles. The van der Waals surface area contributed by atoms with Crippen LogP contribution in [0, 0.1) is 34.3 Å². The summed E-state index contributed by atoms with van der Waals surface area (Å²) >= 11 is 0. The number of fused-ring (bicyclic) bond motifs is 3. The highest BCUT2D eigenvalue weighted by Crippen LogP contribution is 2.55. The molecule has 1 aliphatic carbocycles. The van der Waals surface area contributed by atoms with Crippen LogP contribution < -0.4 is 0 Å². The van der Waals surface area contributed by atoms with E-state index in [9.17, 15) is 19.3 Å². The fraction of sp³-hybridized carbons (Fsp3) is 0.0270. The van der Waals surface area contributed by atoms with Gasteiger partial charge in [0.15, 0.2) is 0 Å². The highest BCUT2D eigenvalue weighted by molar-refractivity contribution is 5.85. The van der Waals surface area contributed by atoms with Gasteiger partial charge in [0.2, 0.25) is 0 Å². The third kappa shape index (κ3) is 4.01. The van der Waals surface area contributed by atoms with Gasteiger partial charge in [-0.15, -0.1) is 0 Å². The molecular formula is C37H20F2N4. The molecule has 0 saturated heterocycles. The van der Waals surface area contributed by atoms with E-state index < -0.39 is 17.0 Å². The van der Waals surface area contributed by atoms with E-state index in [2.05, 4.69) is 24.3 Å². The van der Waals surface area contributed by atoms with Gasteiger partial charge in [-0.2, -0.15) is 10.5 Å². The largest absolute Gasteiger partial charge is 0.251 e. The van der Waals surface area contributed by atoms with Gasteiger partial charge in [-0.05, 0) is 82.9 Å². The van der Waals surface area contributed by atoms with E-state index in [-0.39, 0.29) is 11.1 Å². The van der Waals surface area contributed by atoms with E-state index >= 15 is 0 Å². The highest BCUT2D eigenvalue weighted by Gasteiger charge is 2.48. The van der Waals surface area contributed by atoms with Crippen LogP contribution in [0.25, 0.3) is 33.6 Å². The maximum absolute atomic E-state index is 14.2. The standard InChI is InChI=1S/C37H20F2N4/c38-31-17-15-23(19-25(31)21-40)33-11-5-13-35(42-33)37(29-9-3-1-7-27(29)28-8-2-4-10-30(28)37)36-14-6-12-34(43-36)24-16-18-32(39)26(20-24)22-41/h1-20H. The van der Waals surface area contributed by atoms with Crippen molar-refractivity contribution in [1.82, 2.24) is 9.97 Å². The molecule has 6 aromatic rings. The summed E-state index contributed by atoms with van der Waals surface area (Å²) < 4.78 is 28.4. The molecule has 0 bridgehead atoms. The van der Waals surface area contributed by atoms with Crippen LogP contribution in [0.1, 0.15) is 33.6 Å². The number of benzene rings is 4. The van der Waals surface area contributed by atoms with Crippen molar-refractivity contribution in [3.63, 3.8) is 0 Å². The topological polar surface area (TPSA) is 73.4 Å². The van der Waals surface area contributed by atoms with Gasteiger partial charge in [-0.25, -0.2) is 8.78 Å². The minimum Gasteiger partial charge on any atom is -0.251 e. The van der Waals surface area contributed by atoms with Crippen LogP contribution in [-0.4, -0.2) is 9.97 Å². The van der Waals surface area contributed by atoms with Crippen molar-refractivity contribution < 1.29 is 8.78 Å². The van der Waals surface area contributed by atoms with Crippen molar-refractivity contribution in [2.45, 2.75) is 5.41 Å². The molecule has 6 heteroatoms. The predicted molar refractivity (Wildman–Crippen MR) is 160 cm³/mol. The maximum atomic E-state index is 14.2. The molecule has 0 saturated carbocycles. The third-order valence-electron chi connectivity index (χ3n) is 7.98. The van der Waals surface area contributed by atoms with Crippen LogP contribution in [0.15, 0.2) is 121 Å². The summed E-state index contributed by atoms with van der Waals surface area (Å²) in [6, 6.07) is 40.3. The van der Waals surface area contributed by atoms with E-state index in [0.717, 1.165) is 22.3 Å². The van der Waals surface area contributed by atoms with Gasteiger partial charge in [-0.3, -0.25) is 9.97 Å². The number of nitriles is 2. The van der Waals surface area contributed by atoms with Gasteiger partial charge in [0, 0.05) is 11.1 Å². The molecule has 0 fully saturated rings. The van der Waals surface area contributed by atoms with Crippen molar-refractivity contribution in [2.24, 2.45) is 0 Å². The molecule has 202 valence electrons. The Morgan fingerprint density at radius 3 is 1.40 bits per heavy atom. The first-order valence-electron chi connectivity index (χ1n) is 13.6. The zero-order chi connectivity index (χ0) is 29.6. The zero-order valence-electron chi connectivity index (χ0n) is 22.6. The molecule has 0 spiro atoms. The molecule has 7 rings (SSSR count). The lowest BCUT2D eigenvalue weighted by Crippen LogP contribution is -2.31. The Labute approximate surface area is 246 Å². The normalized spacial score (nSPS) is 12.6. The van der Waals surface area contributed by atoms with Crippen molar-refractivity contribution in [3.05, 3.63) is 167 Å². The second-order valence-corrected chi connectivity index (χ2v) is 10.3. The third-order valence-corrected chi connectivity index (χ3v) is 7.98.